The number of hydrogen-bond donors (Lipinski definition) is 0. The molecule has 0 saturated carbocycles. The molecule has 0 unspecified atom stereocenters. The molecule has 1 aromatic rings. The Kier molecular flexibility index (Phi) is 4.17. The highest BCUT2D eigenvalue weighted by Gasteiger charge is 2.11. The normalized spacial score (nSPS) is 9.07. The molecule has 0 bridgehead atoms. The quantitative estimate of drug-likeness (QED) is 0.555. The van der Waals surface area contributed by atoms with Crippen LogP contribution >= 0.6 is 0 Å². The number of benzene rings is 1. The van der Waals surface area contributed by atoms with Gasteiger partial charge >= 0.3 is 5.97 Å². The van der Waals surface area contributed by atoms with Gasteiger partial charge < -0.3 is 9.47 Å². The zero-order chi connectivity index (χ0) is 11.1. The van der Waals surface area contributed by atoms with Gasteiger partial charge in [0.25, 0.3) is 0 Å². The minimum absolute atomic E-state index is 0.268. The van der Waals surface area contributed by atoms with Crippen molar-refractivity contribution in [3.8, 4) is 11.8 Å². The number of para-hydroxylation sites is 1. The smallest absolute Gasteiger partial charge is 0.341 e. The van der Waals surface area contributed by atoms with Gasteiger partial charge in [-0.25, -0.2) is 4.79 Å². The number of nitriles is 1. The lowest BCUT2D eigenvalue weighted by Gasteiger charge is -2.07. The first-order valence-corrected chi connectivity index (χ1v) is 4.46. The molecule has 0 aliphatic rings. The molecule has 1 aromatic carbocycles. The van der Waals surface area contributed by atoms with Crippen LogP contribution in [0, 0.1) is 11.3 Å². The van der Waals surface area contributed by atoms with Gasteiger partial charge in [0.15, 0.2) is 0 Å². The summed E-state index contributed by atoms with van der Waals surface area (Å²) >= 11 is 0. The van der Waals surface area contributed by atoms with Crippen LogP contribution in [0.2, 0.25) is 0 Å². The summed E-state index contributed by atoms with van der Waals surface area (Å²) in [6.45, 7) is 0.268. The summed E-state index contributed by atoms with van der Waals surface area (Å²) in [6, 6.07) is 8.73. The SMILES string of the molecule is COC(=O)c1ccccc1OCCC#N. The van der Waals surface area contributed by atoms with Crippen molar-refractivity contribution >= 4 is 5.97 Å². The molecule has 0 aromatic heterocycles. The van der Waals surface area contributed by atoms with Crippen LogP contribution in [-0.4, -0.2) is 19.7 Å². The molecule has 4 heteroatoms. The fourth-order valence-corrected chi connectivity index (χ4v) is 1.08. The van der Waals surface area contributed by atoms with Crippen LogP contribution in [0.5, 0.6) is 5.75 Å². The van der Waals surface area contributed by atoms with Gasteiger partial charge in [0.05, 0.1) is 19.6 Å². The molecule has 15 heavy (non-hydrogen) atoms. The minimum atomic E-state index is -0.442. The standard InChI is InChI=1S/C11H11NO3/c1-14-11(13)9-5-2-3-6-10(9)15-8-4-7-12/h2-3,5-6H,4,8H2,1H3. The maximum Gasteiger partial charge on any atom is 0.341 e. The van der Waals surface area contributed by atoms with E-state index >= 15 is 0 Å². The molecule has 0 aliphatic heterocycles. The van der Waals surface area contributed by atoms with Crippen molar-refractivity contribution in [1.29, 1.82) is 5.26 Å². The Labute approximate surface area is 88.0 Å². The molecular weight excluding hydrogens is 194 g/mol. The van der Waals surface area contributed by atoms with E-state index in [4.69, 9.17) is 10.00 Å². The van der Waals surface area contributed by atoms with Crippen LogP contribution in [0.15, 0.2) is 24.3 Å². The van der Waals surface area contributed by atoms with Gasteiger partial charge in [0, 0.05) is 0 Å². The fourth-order valence-electron chi connectivity index (χ4n) is 1.08. The van der Waals surface area contributed by atoms with Crippen molar-refractivity contribution in [1.82, 2.24) is 0 Å². The Hall–Kier alpha value is -2.02. The summed E-state index contributed by atoms with van der Waals surface area (Å²) in [5.74, 6) is 0.00200. The second-order valence-electron chi connectivity index (χ2n) is 2.74. The maximum absolute atomic E-state index is 11.3. The summed E-state index contributed by atoms with van der Waals surface area (Å²) < 4.78 is 9.88. The Morgan fingerprint density at radius 3 is 2.87 bits per heavy atom. The number of carbonyl (C=O) groups is 1. The molecule has 4 nitrogen and oxygen atoms in total. The third kappa shape index (κ3) is 2.99. The Balaban J connectivity index is 2.78. The minimum Gasteiger partial charge on any atom is -0.492 e. The average molecular weight is 205 g/mol. The van der Waals surface area contributed by atoms with Gasteiger partial charge in [-0.15, -0.1) is 0 Å². The topological polar surface area (TPSA) is 59.3 Å². The van der Waals surface area contributed by atoms with Crippen LogP contribution in [0.4, 0.5) is 0 Å². The Morgan fingerprint density at radius 2 is 2.20 bits per heavy atom. The maximum atomic E-state index is 11.3. The van der Waals surface area contributed by atoms with Crippen molar-refractivity contribution in [2.45, 2.75) is 6.42 Å². The zero-order valence-corrected chi connectivity index (χ0v) is 8.40. The number of ether oxygens (including phenoxy) is 2. The van der Waals surface area contributed by atoms with E-state index in [9.17, 15) is 4.79 Å². The number of hydrogen-bond acceptors (Lipinski definition) is 4. The van der Waals surface area contributed by atoms with E-state index in [1.54, 1.807) is 24.3 Å². The summed E-state index contributed by atoms with van der Waals surface area (Å²) in [5, 5.41) is 8.35. The second kappa shape index (κ2) is 5.66. The number of nitrogens with zero attached hydrogens (tertiary/aromatic N) is 1. The molecule has 0 heterocycles. The van der Waals surface area contributed by atoms with Gasteiger partial charge in [-0.1, -0.05) is 12.1 Å². The molecule has 0 N–H and O–H groups in total. The Morgan fingerprint density at radius 1 is 1.47 bits per heavy atom. The lowest BCUT2D eigenvalue weighted by molar-refractivity contribution is 0.0596. The van der Waals surface area contributed by atoms with E-state index in [-0.39, 0.29) is 13.0 Å². The van der Waals surface area contributed by atoms with Gasteiger partial charge in [0.1, 0.15) is 17.9 Å². The summed E-state index contributed by atoms with van der Waals surface area (Å²) in [7, 11) is 1.31. The fraction of sp³-hybridized carbons (Fsp3) is 0.273. The van der Waals surface area contributed by atoms with Crippen LogP contribution in [0.3, 0.4) is 0 Å². The van der Waals surface area contributed by atoms with Gasteiger partial charge in [-0.2, -0.15) is 5.26 Å². The molecule has 0 aliphatic carbocycles. The monoisotopic (exact) mass is 205 g/mol. The summed E-state index contributed by atoms with van der Waals surface area (Å²) in [5.41, 5.74) is 0.373. The summed E-state index contributed by atoms with van der Waals surface area (Å²) in [6.07, 6.45) is 0.287. The second-order valence-corrected chi connectivity index (χ2v) is 2.74. The highest BCUT2D eigenvalue weighted by molar-refractivity contribution is 5.92. The van der Waals surface area contributed by atoms with Gasteiger partial charge in [0.2, 0.25) is 0 Å². The average Bonchev–Trinajstić information content (AvgIpc) is 2.29. The van der Waals surface area contributed by atoms with E-state index in [0.717, 1.165) is 0 Å². The van der Waals surface area contributed by atoms with E-state index in [2.05, 4.69) is 4.74 Å². The largest absolute Gasteiger partial charge is 0.492 e. The third-order valence-corrected chi connectivity index (χ3v) is 1.76. The summed E-state index contributed by atoms with van der Waals surface area (Å²) in [4.78, 5) is 11.3. The predicted octanol–water partition coefficient (Wildman–Crippen LogP) is 1.77. The first-order valence-electron chi connectivity index (χ1n) is 4.46. The number of methoxy groups -OCH3 is 1. The van der Waals surface area contributed by atoms with Crippen LogP contribution in [0.25, 0.3) is 0 Å². The first kappa shape index (κ1) is 11.1. The molecule has 1 rings (SSSR count). The van der Waals surface area contributed by atoms with Crippen LogP contribution < -0.4 is 4.74 Å². The van der Waals surface area contributed by atoms with Crippen molar-refractivity contribution < 1.29 is 14.3 Å². The van der Waals surface area contributed by atoms with Crippen LogP contribution in [-0.2, 0) is 4.74 Å². The third-order valence-electron chi connectivity index (χ3n) is 1.76. The highest BCUT2D eigenvalue weighted by Crippen LogP contribution is 2.18. The molecule has 0 amide bonds. The van der Waals surface area contributed by atoms with Gasteiger partial charge in [-0.05, 0) is 12.1 Å². The predicted molar refractivity (Wildman–Crippen MR) is 53.5 cm³/mol. The van der Waals surface area contributed by atoms with Crippen molar-refractivity contribution in [3.63, 3.8) is 0 Å². The van der Waals surface area contributed by atoms with E-state index in [1.807, 2.05) is 6.07 Å². The van der Waals surface area contributed by atoms with Gasteiger partial charge in [-0.3, -0.25) is 0 Å². The van der Waals surface area contributed by atoms with E-state index in [0.29, 0.717) is 11.3 Å². The molecule has 0 atom stereocenters. The molecule has 0 radical (unpaired) electrons. The molecule has 78 valence electrons. The van der Waals surface area contributed by atoms with Crippen molar-refractivity contribution in [3.05, 3.63) is 29.8 Å². The molecule has 0 fully saturated rings. The first-order chi connectivity index (χ1) is 7.29. The molecule has 0 saturated heterocycles. The van der Waals surface area contributed by atoms with E-state index in [1.165, 1.54) is 7.11 Å². The molecule has 0 spiro atoms. The number of rotatable bonds is 4. The lowest BCUT2D eigenvalue weighted by atomic mass is 10.2. The highest BCUT2D eigenvalue weighted by atomic mass is 16.5. The van der Waals surface area contributed by atoms with E-state index < -0.39 is 5.97 Å². The zero-order valence-electron chi connectivity index (χ0n) is 8.40. The van der Waals surface area contributed by atoms with Crippen molar-refractivity contribution in [2.24, 2.45) is 0 Å². The lowest BCUT2D eigenvalue weighted by Crippen LogP contribution is -2.06. The molecular formula is C11H11NO3. The van der Waals surface area contributed by atoms with Crippen LogP contribution in [0.1, 0.15) is 16.8 Å². The number of esters is 1. The number of carbonyl (C=O) groups excluding carboxylic acids is 1. The van der Waals surface area contributed by atoms with Crippen molar-refractivity contribution in [2.75, 3.05) is 13.7 Å². The Bertz CT molecular complexity index is 382.